The van der Waals surface area contributed by atoms with Gasteiger partial charge in [-0.3, -0.25) is 0 Å². The largest absolute Gasteiger partial charge is 0.437 e. The Kier molecular flexibility index (Phi) is 1.71. The number of halogens is 3. The average molecular weight is 168 g/mol. The number of rotatable bonds is 1. The molecule has 0 aliphatic heterocycles. The van der Waals surface area contributed by atoms with E-state index in [1.54, 1.807) is 0 Å². The maximum atomic E-state index is 11.6. The van der Waals surface area contributed by atoms with Gasteiger partial charge in [0.15, 0.2) is 0 Å². The van der Waals surface area contributed by atoms with Crippen molar-refractivity contribution in [3.05, 3.63) is 16.9 Å². The third-order valence-electron chi connectivity index (χ3n) is 0.880. The Hall–Kier alpha value is -1.27. The number of hydrogen-bond acceptors (Lipinski definition) is 3. The van der Waals surface area contributed by atoms with Gasteiger partial charge in [-0.2, -0.15) is 17.9 Å². The quantitative estimate of drug-likeness (QED) is 0.609. The summed E-state index contributed by atoms with van der Waals surface area (Å²) in [6, 6.07) is 0. The molecule has 11 heavy (non-hydrogen) atoms. The summed E-state index contributed by atoms with van der Waals surface area (Å²) in [6.07, 6.45) is -3.78. The molecule has 1 heterocycles. The Morgan fingerprint density at radius 1 is 1.64 bits per heavy atom. The van der Waals surface area contributed by atoms with Gasteiger partial charge in [0.1, 0.15) is 6.54 Å². The van der Waals surface area contributed by atoms with E-state index in [4.69, 9.17) is 0 Å². The lowest BCUT2D eigenvalue weighted by molar-refractivity contribution is -0.143. The minimum atomic E-state index is -4.44. The smallest absolute Gasteiger partial charge is 0.395 e. The first-order chi connectivity index (χ1) is 4.99. The Morgan fingerprint density at radius 3 is 2.64 bits per heavy atom. The fourth-order valence-corrected chi connectivity index (χ4v) is 0.509. The molecule has 0 unspecified atom stereocenters. The molecular weight excluding hydrogens is 165 g/mol. The standard InChI is InChI=1S/C4H3F3N2O2/c5-4(6,7)1-9-3(10)11-2-8-9/h2H,1H2. The molecule has 0 N–H and O–H groups in total. The summed E-state index contributed by atoms with van der Waals surface area (Å²) >= 11 is 0. The Balaban J connectivity index is 2.80. The molecule has 0 saturated carbocycles. The lowest BCUT2D eigenvalue weighted by Crippen LogP contribution is -2.26. The van der Waals surface area contributed by atoms with Gasteiger partial charge in [0.25, 0.3) is 0 Å². The highest BCUT2D eigenvalue weighted by Gasteiger charge is 2.29. The van der Waals surface area contributed by atoms with Crippen LogP contribution in [0.4, 0.5) is 13.2 Å². The highest BCUT2D eigenvalue weighted by molar-refractivity contribution is 4.56. The molecule has 0 bridgehead atoms. The van der Waals surface area contributed by atoms with Crippen LogP contribution in [-0.2, 0) is 6.54 Å². The number of aromatic nitrogens is 2. The Bertz CT molecular complexity index is 286. The summed E-state index contributed by atoms with van der Waals surface area (Å²) in [7, 11) is 0. The van der Waals surface area contributed by atoms with Crippen molar-refractivity contribution in [3.8, 4) is 0 Å². The molecule has 1 rings (SSSR count). The van der Waals surface area contributed by atoms with Crippen molar-refractivity contribution >= 4 is 0 Å². The fourth-order valence-electron chi connectivity index (χ4n) is 0.509. The molecule has 0 saturated heterocycles. The predicted octanol–water partition coefficient (Wildman–Crippen LogP) is 0.399. The summed E-state index contributed by atoms with van der Waals surface area (Å²) in [5.74, 6) is -1.11. The van der Waals surface area contributed by atoms with Gasteiger partial charge in [-0.05, 0) is 0 Å². The van der Waals surface area contributed by atoms with Gasteiger partial charge in [0.2, 0.25) is 6.39 Å². The minimum Gasteiger partial charge on any atom is -0.395 e. The molecule has 0 amide bonds. The van der Waals surface area contributed by atoms with Crippen LogP contribution in [0.5, 0.6) is 0 Å². The van der Waals surface area contributed by atoms with E-state index in [9.17, 15) is 18.0 Å². The molecule has 1 aromatic heterocycles. The van der Waals surface area contributed by atoms with Crippen LogP contribution in [0.1, 0.15) is 0 Å². The zero-order valence-electron chi connectivity index (χ0n) is 5.13. The number of hydrogen-bond donors (Lipinski definition) is 0. The molecule has 4 nitrogen and oxygen atoms in total. The third-order valence-corrected chi connectivity index (χ3v) is 0.880. The maximum Gasteiger partial charge on any atom is 0.437 e. The monoisotopic (exact) mass is 168 g/mol. The lowest BCUT2D eigenvalue weighted by Gasteiger charge is -2.02. The Labute approximate surface area is 58.2 Å². The van der Waals surface area contributed by atoms with Crippen molar-refractivity contribution in [2.24, 2.45) is 0 Å². The zero-order chi connectivity index (χ0) is 8.48. The van der Waals surface area contributed by atoms with Crippen LogP contribution in [0.25, 0.3) is 0 Å². The van der Waals surface area contributed by atoms with Crippen LogP contribution in [0.15, 0.2) is 15.6 Å². The van der Waals surface area contributed by atoms with E-state index in [1.165, 1.54) is 0 Å². The van der Waals surface area contributed by atoms with E-state index in [2.05, 4.69) is 9.52 Å². The highest BCUT2D eigenvalue weighted by Crippen LogP contribution is 2.15. The maximum absolute atomic E-state index is 11.6. The molecule has 0 aromatic carbocycles. The van der Waals surface area contributed by atoms with Crippen LogP contribution in [-0.4, -0.2) is 16.0 Å². The normalized spacial score (nSPS) is 11.9. The van der Waals surface area contributed by atoms with Gasteiger partial charge in [0.05, 0.1) is 0 Å². The molecule has 0 spiro atoms. The van der Waals surface area contributed by atoms with E-state index < -0.39 is 18.5 Å². The fraction of sp³-hybridized carbons (Fsp3) is 0.500. The van der Waals surface area contributed by atoms with E-state index in [-0.39, 0.29) is 4.68 Å². The summed E-state index contributed by atoms with van der Waals surface area (Å²) in [6.45, 7) is -1.41. The first-order valence-corrected chi connectivity index (χ1v) is 2.56. The van der Waals surface area contributed by atoms with Crippen molar-refractivity contribution < 1.29 is 17.6 Å². The molecule has 0 aliphatic carbocycles. The van der Waals surface area contributed by atoms with Crippen LogP contribution in [0.3, 0.4) is 0 Å². The van der Waals surface area contributed by atoms with Gasteiger partial charge in [-0.25, -0.2) is 4.79 Å². The molecular formula is C4H3F3N2O2. The second-order valence-electron chi connectivity index (χ2n) is 1.78. The summed E-state index contributed by atoms with van der Waals surface area (Å²) in [4.78, 5) is 10.3. The first kappa shape index (κ1) is 7.83. The van der Waals surface area contributed by atoms with Gasteiger partial charge >= 0.3 is 11.9 Å². The summed E-state index contributed by atoms with van der Waals surface area (Å²) < 4.78 is 38.9. The molecule has 1 aromatic rings. The molecule has 0 radical (unpaired) electrons. The van der Waals surface area contributed by atoms with Crippen molar-refractivity contribution in [1.82, 2.24) is 9.78 Å². The molecule has 0 fully saturated rings. The van der Waals surface area contributed by atoms with E-state index >= 15 is 0 Å². The molecule has 62 valence electrons. The van der Waals surface area contributed by atoms with Crippen molar-refractivity contribution in [2.75, 3.05) is 0 Å². The van der Waals surface area contributed by atoms with Crippen LogP contribution < -0.4 is 5.76 Å². The van der Waals surface area contributed by atoms with Crippen LogP contribution in [0.2, 0.25) is 0 Å². The number of alkyl halides is 3. The second-order valence-corrected chi connectivity index (χ2v) is 1.78. The minimum absolute atomic E-state index is 0.194. The van der Waals surface area contributed by atoms with E-state index in [0.717, 1.165) is 0 Å². The first-order valence-electron chi connectivity index (χ1n) is 2.56. The summed E-state index contributed by atoms with van der Waals surface area (Å²) in [5, 5.41) is 3.02. The molecule has 0 aliphatic rings. The summed E-state index contributed by atoms with van der Waals surface area (Å²) in [5.41, 5.74) is 0. The Morgan fingerprint density at radius 2 is 2.27 bits per heavy atom. The third kappa shape index (κ3) is 2.10. The average Bonchev–Trinajstić information content (AvgIpc) is 2.12. The van der Waals surface area contributed by atoms with E-state index in [0.29, 0.717) is 6.39 Å². The van der Waals surface area contributed by atoms with Gasteiger partial charge in [-0.15, -0.1) is 5.10 Å². The van der Waals surface area contributed by atoms with Crippen molar-refractivity contribution in [1.29, 1.82) is 0 Å². The van der Waals surface area contributed by atoms with Crippen LogP contribution in [0, 0.1) is 0 Å². The lowest BCUT2D eigenvalue weighted by atomic mass is 10.6. The number of nitrogens with zero attached hydrogens (tertiary/aromatic N) is 2. The van der Waals surface area contributed by atoms with Gasteiger partial charge < -0.3 is 4.42 Å². The van der Waals surface area contributed by atoms with Gasteiger partial charge in [0, 0.05) is 0 Å². The highest BCUT2D eigenvalue weighted by atomic mass is 19.4. The van der Waals surface area contributed by atoms with Gasteiger partial charge in [-0.1, -0.05) is 0 Å². The van der Waals surface area contributed by atoms with Crippen molar-refractivity contribution in [2.45, 2.75) is 12.7 Å². The van der Waals surface area contributed by atoms with E-state index in [1.807, 2.05) is 0 Å². The zero-order valence-corrected chi connectivity index (χ0v) is 5.13. The molecule has 7 heteroatoms. The predicted molar refractivity (Wildman–Crippen MR) is 26.8 cm³/mol. The molecule has 0 atom stereocenters. The van der Waals surface area contributed by atoms with Crippen molar-refractivity contribution in [3.63, 3.8) is 0 Å². The SMILES string of the molecule is O=c1ocnn1CC(F)(F)F. The topological polar surface area (TPSA) is 48.0 Å². The van der Waals surface area contributed by atoms with Crippen LogP contribution >= 0.6 is 0 Å². The second kappa shape index (κ2) is 2.40.